The molecule has 2 aromatic heterocycles. The van der Waals surface area contributed by atoms with Gasteiger partial charge in [-0.3, -0.25) is 4.98 Å². The molecule has 0 saturated carbocycles. The van der Waals surface area contributed by atoms with Crippen LogP contribution in [-0.2, 0) is 21.2 Å². The number of pyridine rings is 1. The van der Waals surface area contributed by atoms with E-state index in [1.807, 2.05) is 26.0 Å². The van der Waals surface area contributed by atoms with Crippen molar-refractivity contribution < 1.29 is 18.3 Å². The third-order valence-electron chi connectivity index (χ3n) is 4.51. The second-order valence-corrected chi connectivity index (χ2v) is 9.30. The van der Waals surface area contributed by atoms with Crippen LogP contribution >= 0.6 is 0 Å². The normalized spacial score (nSPS) is 12.3. The maximum Gasteiger partial charge on any atom is 0.327 e. The Morgan fingerprint density at radius 2 is 1.69 bits per heavy atom. The molecule has 0 spiro atoms. The zero-order valence-electron chi connectivity index (χ0n) is 16.2. The maximum absolute atomic E-state index is 12.9. The Bertz CT molecular complexity index is 1130. The fourth-order valence-corrected chi connectivity index (χ4v) is 4.26. The number of rotatable bonds is 7. The lowest BCUT2D eigenvalue weighted by Gasteiger charge is -2.18. The van der Waals surface area contributed by atoms with E-state index in [1.54, 1.807) is 55.0 Å². The smallest absolute Gasteiger partial charge is 0.327 e. The number of hydrogen-bond donors (Lipinski definition) is 1. The van der Waals surface area contributed by atoms with Crippen LogP contribution < -0.4 is 0 Å². The highest BCUT2D eigenvalue weighted by atomic mass is 32.2. The van der Waals surface area contributed by atoms with Crippen molar-refractivity contribution in [1.29, 1.82) is 0 Å². The van der Waals surface area contributed by atoms with Gasteiger partial charge >= 0.3 is 5.97 Å². The summed E-state index contributed by atoms with van der Waals surface area (Å²) in [4.78, 5) is 14.9. The second kappa shape index (κ2) is 8.05. The van der Waals surface area contributed by atoms with Crippen molar-refractivity contribution >= 4 is 16.0 Å². The number of allylic oxidation sites excluding steroid dienone is 1. The zero-order valence-corrected chi connectivity index (χ0v) is 17.0. The molecule has 1 N–H and O–H groups in total. The fraction of sp³-hybridized carbons (Fsp3) is 0.182. The number of aromatic nitrogens is 2. The quantitative estimate of drug-likeness (QED) is 0.595. The molecular weight excluding hydrogens is 388 g/mol. The molecule has 0 unspecified atom stereocenters. The Hall–Kier alpha value is -3.19. The van der Waals surface area contributed by atoms with Gasteiger partial charge in [0, 0.05) is 30.9 Å². The van der Waals surface area contributed by atoms with Crippen LogP contribution in [0.5, 0.6) is 0 Å². The van der Waals surface area contributed by atoms with Crippen molar-refractivity contribution in [2.45, 2.75) is 25.2 Å². The molecule has 0 aliphatic heterocycles. The molecule has 29 heavy (non-hydrogen) atoms. The molecule has 3 rings (SSSR count). The summed E-state index contributed by atoms with van der Waals surface area (Å²) in [7, 11) is -3.71. The average molecular weight is 410 g/mol. The van der Waals surface area contributed by atoms with Gasteiger partial charge in [-0.05, 0) is 58.9 Å². The van der Waals surface area contributed by atoms with Crippen molar-refractivity contribution in [3.8, 4) is 11.1 Å². The number of carbonyl (C=O) groups is 1. The van der Waals surface area contributed by atoms with Crippen LogP contribution in [0.15, 0.2) is 84.3 Å². The minimum Gasteiger partial charge on any atom is -0.478 e. The lowest BCUT2D eigenvalue weighted by molar-refractivity contribution is -0.131. The SMILES string of the molecule is CC(C)(/C=C/C(=O)O)Cc1ccn(S(=O)(=O)c2ccc(-c3ccncc3)cc2)c1. The topological polar surface area (TPSA) is 89.3 Å². The number of benzene rings is 1. The molecule has 150 valence electrons. The number of aliphatic carboxylic acids is 1. The minimum absolute atomic E-state index is 0.197. The van der Waals surface area contributed by atoms with Gasteiger partial charge in [0.15, 0.2) is 0 Å². The highest BCUT2D eigenvalue weighted by Gasteiger charge is 2.20. The van der Waals surface area contributed by atoms with E-state index >= 15 is 0 Å². The maximum atomic E-state index is 12.9. The van der Waals surface area contributed by atoms with Crippen LogP contribution in [0.2, 0.25) is 0 Å². The molecule has 0 aliphatic carbocycles. The van der Waals surface area contributed by atoms with Gasteiger partial charge in [0.1, 0.15) is 0 Å². The molecule has 0 saturated heterocycles. The average Bonchev–Trinajstić information content (AvgIpc) is 3.16. The van der Waals surface area contributed by atoms with Gasteiger partial charge in [-0.2, -0.15) is 0 Å². The van der Waals surface area contributed by atoms with Crippen molar-refractivity contribution in [3.63, 3.8) is 0 Å². The van der Waals surface area contributed by atoms with Gasteiger partial charge < -0.3 is 5.11 Å². The molecule has 0 bridgehead atoms. The molecule has 0 fully saturated rings. The summed E-state index contributed by atoms with van der Waals surface area (Å²) >= 11 is 0. The standard InChI is InChI=1S/C22H22N2O4S/c1-22(2,11-7-21(25)26)15-17-10-14-24(16-17)29(27,28)20-5-3-18(4-6-20)19-8-12-23-13-9-19/h3-14,16H,15H2,1-2H3,(H,25,26)/b11-7+. The molecule has 0 radical (unpaired) electrons. The highest BCUT2D eigenvalue weighted by molar-refractivity contribution is 7.90. The van der Waals surface area contributed by atoms with E-state index in [4.69, 9.17) is 5.11 Å². The fourth-order valence-electron chi connectivity index (χ4n) is 3.04. The lowest BCUT2D eigenvalue weighted by Crippen LogP contribution is -2.13. The first-order valence-electron chi connectivity index (χ1n) is 9.02. The second-order valence-electron chi connectivity index (χ2n) is 7.45. The van der Waals surface area contributed by atoms with Crippen LogP contribution in [0.25, 0.3) is 11.1 Å². The predicted octanol–water partition coefficient (Wildman–Crippen LogP) is 4.00. The molecule has 0 atom stereocenters. The summed E-state index contributed by atoms with van der Waals surface area (Å²) in [5, 5.41) is 8.80. The largest absolute Gasteiger partial charge is 0.478 e. The van der Waals surface area contributed by atoms with Crippen LogP contribution in [0, 0.1) is 5.41 Å². The number of hydrogen-bond acceptors (Lipinski definition) is 4. The summed E-state index contributed by atoms with van der Waals surface area (Å²) < 4.78 is 27.1. The summed E-state index contributed by atoms with van der Waals surface area (Å²) in [6.07, 6.45) is 9.70. The van der Waals surface area contributed by atoms with Crippen LogP contribution in [0.3, 0.4) is 0 Å². The van der Waals surface area contributed by atoms with Gasteiger partial charge in [0.2, 0.25) is 0 Å². The van der Waals surface area contributed by atoms with Gasteiger partial charge in [0.05, 0.1) is 4.90 Å². The predicted molar refractivity (Wildman–Crippen MR) is 111 cm³/mol. The molecule has 3 aromatic rings. The molecule has 2 heterocycles. The van der Waals surface area contributed by atoms with Gasteiger partial charge in [0.25, 0.3) is 10.0 Å². The summed E-state index contributed by atoms with van der Waals surface area (Å²) in [6, 6.07) is 12.2. The third kappa shape index (κ3) is 5.00. The first-order valence-corrected chi connectivity index (χ1v) is 10.5. The van der Waals surface area contributed by atoms with Crippen LogP contribution in [0.4, 0.5) is 0 Å². The van der Waals surface area contributed by atoms with Crippen LogP contribution in [0.1, 0.15) is 19.4 Å². The Labute approximate surface area is 170 Å². The molecule has 0 amide bonds. The Morgan fingerprint density at radius 3 is 2.31 bits per heavy atom. The Morgan fingerprint density at radius 1 is 1.07 bits per heavy atom. The van der Waals surface area contributed by atoms with E-state index in [9.17, 15) is 13.2 Å². The monoisotopic (exact) mass is 410 g/mol. The molecule has 0 aliphatic rings. The first-order chi connectivity index (χ1) is 13.7. The summed E-state index contributed by atoms with van der Waals surface area (Å²) in [6.45, 7) is 3.80. The summed E-state index contributed by atoms with van der Waals surface area (Å²) in [5.41, 5.74) is 2.26. The minimum atomic E-state index is -3.71. The van der Waals surface area contributed by atoms with Gasteiger partial charge in [-0.15, -0.1) is 0 Å². The number of carboxylic acids is 1. The molecule has 7 heteroatoms. The first kappa shape index (κ1) is 20.5. The van der Waals surface area contributed by atoms with E-state index in [0.29, 0.717) is 6.42 Å². The molecular formula is C22H22N2O4S. The zero-order chi connectivity index (χ0) is 21.1. The van der Waals surface area contributed by atoms with E-state index in [2.05, 4.69) is 4.98 Å². The van der Waals surface area contributed by atoms with E-state index in [1.165, 1.54) is 10.2 Å². The summed E-state index contributed by atoms with van der Waals surface area (Å²) in [5.74, 6) is -1.01. The molecule has 1 aromatic carbocycles. The Kier molecular flexibility index (Phi) is 5.70. The third-order valence-corrected chi connectivity index (χ3v) is 6.16. The molecule has 6 nitrogen and oxygen atoms in total. The lowest BCUT2D eigenvalue weighted by atomic mass is 9.86. The van der Waals surface area contributed by atoms with Crippen molar-refractivity contribution in [3.05, 3.63) is 85.0 Å². The van der Waals surface area contributed by atoms with Gasteiger partial charge in [-0.25, -0.2) is 17.2 Å². The van der Waals surface area contributed by atoms with Crippen molar-refractivity contribution in [2.75, 3.05) is 0 Å². The van der Waals surface area contributed by atoms with Crippen molar-refractivity contribution in [1.82, 2.24) is 8.96 Å². The number of carboxylic acid groups (broad SMARTS) is 1. The Balaban J connectivity index is 1.81. The van der Waals surface area contributed by atoms with Crippen molar-refractivity contribution in [2.24, 2.45) is 5.41 Å². The van der Waals surface area contributed by atoms with Gasteiger partial charge in [-0.1, -0.05) is 32.1 Å². The number of nitrogens with zero attached hydrogens (tertiary/aromatic N) is 2. The van der Waals surface area contributed by atoms with Crippen LogP contribution in [-0.4, -0.2) is 28.5 Å². The van der Waals surface area contributed by atoms with E-state index in [0.717, 1.165) is 22.8 Å². The van der Waals surface area contributed by atoms with E-state index in [-0.39, 0.29) is 4.90 Å². The highest BCUT2D eigenvalue weighted by Crippen LogP contribution is 2.26. The van der Waals surface area contributed by atoms with E-state index < -0.39 is 21.4 Å².